The van der Waals surface area contributed by atoms with Crippen molar-refractivity contribution in [2.45, 2.75) is 65.0 Å². The molecule has 0 bridgehead atoms. The van der Waals surface area contributed by atoms with Crippen LogP contribution in [0, 0.1) is 5.92 Å². The van der Waals surface area contributed by atoms with Gasteiger partial charge >= 0.3 is 11.9 Å². The molecule has 0 heterocycles. The molecule has 0 aliphatic carbocycles. The maximum absolute atomic E-state index is 12.2. The molecular weight excluding hydrogens is 342 g/mol. The summed E-state index contributed by atoms with van der Waals surface area (Å²) >= 11 is 0. The zero-order valence-corrected chi connectivity index (χ0v) is 15.7. The fraction of sp³-hybridized carbons (Fsp3) is 0.765. The highest BCUT2D eigenvalue weighted by molar-refractivity contribution is 5.89. The van der Waals surface area contributed by atoms with Gasteiger partial charge in [-0.1, -0.05) is 27.2 Å². The van der Waals surface area contributed by atoms with Gasteiger partial charge in [0, 0.05) is 6.42 Å². The third-order valence-electron chi connectivity index (χ3n) is 3.53. The van der Waals surface area contributed by atoms with E-state index < -0.39 is 35.8 Å². The van der Waals surface area contributed by atoms with Crippen LogP contribution in [-0.2, 0) is 23.9 Å². The predicted molar refractivity (Wildman–Crippen MR) is 95.1 cm³/mol. The van der Waals surface area contributed by atoms with Gasteiger partial charge in [0.2, 0.25) is 11.8 Å². The van der Waals surface area contributed by atoms with Gasteiger partial charge in [-0.15, -0.1) is 0 Å². The van der Waals surface area contributed by atoms with Crippen LogP contribution in [0.25, 0.3) is 0 Å². The topological polar surface area (TPSA) is 148 Å². The Morgan fingerprint density at radius 2 is 1.85 bits per heavy atom. The van der Waals surface area contributed by atoms with E-state index in [-0.39, 0.29) is 25.3 Å². The minimum Gasteiger partial charge on any atom is -0.480 e. The molecule has 0 rings (SSSR count). The third-order valence-corrected chi connectivity index (χ3v) is 3.53. The van der Waals surface area contributed by atoms with Crippen LogP contribution in [0.15, 0.2) is 0 Å². The van der Waals surface area contributed by atoms with Crippen molar-refractivity contribution in [2.75, 3.05) is 13.2 Å². The van der Waals surface area contributed by atoms with Gasteiger partial charge < -0.3 is 26.2 Å². The van der Waals surface area contributed by atoms with E-state index >= 15 is 0 Å². The number of carbonyl (C=O) groups is 4. The number of aliphatic carboxylic acids is 1. The summed E-state index contributed by atoms with van der Waals surface area (Å²) in [4.78, 5) is 46.4. The molecule has 26 heavy (non-hydrogen) atoms. The average Bonchev–Trinajstić information content (AvgIpc) is 2.56. The maximum atomic E-state index is 12.2. The van der Waals surface area contributed by atoms with Crippen LogP contribution in [0.3, 0.4) is 0 Å². The Morgan fingerprint density at radius 1 is 1.19 bits per heavy atom. The molecule has 0 aliphatic rings. The average molecular weight is 373 g/mol. The number of carboxylic acid groups (broad SMARTS) is 1. The summed E-state index contributed by atoms with van der Waals surface area (Å²) in [6.07, 6.45) is 1.90. The summed E-state index contributed by atoms with van der Waals surface area (Å²) in [5.41, 5.74) is 5.36. The first-order valence-corrected chi connectivity index (χ1v) is 8.88. The Bertz CT molecular complexity index is 481. The van der Waals surface area contributed by atoms with Gasteiger partial charge in [-0.25, -0.2) is 0 Å². The van der Waals surface area contributed by atoms with Gasteiger partial charge in [0.15, 0.2) is 0 Å². The summed E-state index contributed by atoms with van der Waals surface area (Å²) in [5.74, 6) is -2.54. The van der Waals surface area contributed by atoms with Crippen molar-refractivity contribution in [3.05, 3.63) is 0 Å². The lowest BCUT2D eigenvalue weighted by molar-refractivity contribution is -0.144. The number of hydrogen-bond donors (Lipinski definition) is 4. The Balaban J connectivity index is 4.48. The van der Waals surface area contributed by atoms with Gasteiger partial charge in [0.05, 0.1) is 6.61 Å². The van der Waals surface area contributed by atoms with Crippen molar-refractivity contribution in [1.82, 2.24) is 10.6 Å². The van der Waals surface area contributed by atoms with Gasteiger partial charge in [-0.05, 0) is 25.2 Å². The Labute approximate surface area is 154 Å². The van der Waals surface area contributed by atoms with Crippen LogP contribution in [-0.4, -0.2) is 54.1 Å². The van der Waals surface area contributed by atoms with Gasteiger partial charge in [-0.2, -0.15) is 0 Å². The number of nitrogens with one attached hydrogen (secondary N) is 2. The lowest BCUT2D eigenvalue weighted by Crippen LogP contribution is -2.48. The molecule has 0 aliphatic heterocycles. The second-order valence-electron chi connectivity index (χ2n) is 6.52. The number of unbranched alkanes of at least 4 members (excludes halogenated alkanes) is 1. The van der Waals surface area contributed by atoms with Crippen LogP contribution in [0.1, 0.15) is 52.9 Å². The van der Waals surface area contributed by atoms with Crippen LogP contribution in [0.4, 0.5) is 0 Å². The summed E-state index contributed by atoms with van der Waals surface area (Å²) in [6, 6.07) is -1.94. The van der Waals surface area contributed by atoms with E-state index in [0.29, 0.717) is 13.0 Å². The number of hydrogen-bond acceptors (Lipinski definition) is 6. The molecule has 150 valence electrons. The molecule has 0 radical (unpaired) electrons. The molecule has 0 spiro atoms. The van der Waals surface area contributed by atoms with Crippen LogP contribution < -0.4 is 16.4 Å². The van der Waals surface area contributed by atoms with Crippen molar-refractivity contribution in [3.63, 3.8) is 0 Å². The van der Waals surface area contributed by atoms with E-state index in [1.807, 2.05) is 20.8 Å². The zero-order chi connectivity index (χ0) is 20.1. The molecular formula is C17H31N3O6. The van der Waals surface area contributed by atoms with Crippen molar-refractivity contribution >= 4 is 23.8 Å². The lowest BCUT2D eigenvalue weighted by atomic mass is 10.0. The first-order valence-electron chi connectivity index (χ1n) is 8.88. The van der Waals surface area contributed by atoms with Crippen molar-refractivity contribution in [1.29, 1.82) is 0 Å². The quantitative estimate of drug-likeness (QED) is 0.266. The monoisotopic (exact) mass is 373 g/mol. The summed E-state index contributed by atoms with van der Waals surface area (Å²) in [7, 11) is 0. The van der Waals surface area contributed by atoms with Crippen molar-refractivity contribution < 1.29 is 29.0 Å². The van der Waals surface area contributed by atoms with Gasteiger partial charge in [-0.3, -0.25) is 19.2 Å². The van der Waals surface area contributed by atoms with E-state index in [1.54, 1.807) is 0 Å². The van der Waals surface area contributed by atoms with Crippen LogP contribution >= 0.6 is 0 Å². The highest BCUT2D eigenvalue weighted by Crippen LogP contribution is 2.06. The second-order valence-corrected chi connectivity index (χ2v) is 6.52. The van der Waals surface area contributed by atoms with Gasteiger partial charge in [0.25, 0.3) is 0 Å². The first-order chi connectivity index (χ1) is 12.2. The SMILES string of the molecule is CCCCOC(=O)CNC(=O)[C@H](CC(C)C)NC(=O)CC[C@H](N)C(=O)O. The molecule has 2 atom stereocenters. The van der Waals surface area contributed by atoms with E-state index in [4.69, 9.17) is 15.6 Å². The van der Waals surface area contributed by atoms with E-state index in [2.05, 4.69) is 10.6 Å². The highest BCUT2D eigenvalue weighted by Gasteiger charge is 2.23. The first kappa shape index (κ1) is 23.8. The fourth-order valence-electron chi connectivity index (χ4n) is 2.04. The molecule has 5 N–H and O–H groups in total. The molecule has 0 fully saturated rings. The number of carbonyl (C=O) groups excluding carboxylic acids is 3. The maximum Gasteiger partial charge on any atom is 0.325 e. The van der Waals surface area contributed by atoms with Crippen molar-refractivity contribution in [2.24, 2.45) is 11.7 Å². The van der Waals surface area contributed by atoms with Crippen LogP contribution in [0.2, 0.25) is 0 Å². The fourth-order valence-corrected chi connectivity index (χ4v) is 2.04. The minimum atomic E-state index is -1.18. The Hall–Kier alpha value is -2.16. The minimum absolute atomic E-state index is 0.0268. The lowest BCUT2D eigenvalue weighted by Gasteiger charge is -2.20. The van der Waals surface area contributed by atoms with E-state index in [9.17, 15) is 19.2 Å². The van der Waals surface area contributed by atoms with Gasteiger partial charge in [0.1, 0.15) is 18.6 Å². The molecule has 0 aromatic carbocycles. The molecule has 2 amide bonds. The second kappa shape index (κ2) is 13.1. The predicted octanol–water partition coefficient (Wildman–Crippen LogP) is 0.169. The molecule has 0 unspecified atom stereocenters. The van der Waals surface area contributed by atoms with Crippen LogP contribution in [0.5, 0.6) is 0 Å². The highest BCUT2D eigenvalue weighted by atomic mass is 16.5. The molecule has 0 aromatic rings. The number of nitrogens with two attached hydrogens (primary N) is 1. The largest absolute Gasteiger partial charge is 0.480 e. The molecule has 0 aromatic heterocycles. The smallest absolute Gasteiger partial charge is 0.325 e. The summed E-state index contributed by atoms with van der Waals surface area (Å²) in [6.45, 7) is 5.80. The number of amides is 2. The number of ether oxygens (including phenoxy) is 1. The summed E-state index contributed by atoms with van der Waals surface area (Å²) in [5, 5.41) is 13.7. The summed E-state index contributed by atoms with van der Waals surface area (Å²) < 4.78 is 4.95. The van der Waals surface area contributed by atoms with Crippen molar-refractivity contribution in [3.8, 4) is 0 Å². The normalized spacial score (nSPS) is 13.0. The Morgan fingerprint density at radius 3 is 2.38 bits per heavy atom. The zero-order valence-electron chi connectivity index (χ0n) is 15.7. The van der Waals surface area contributed by atoms with E-state index in [0.717, 1.165) is 12.8 Å². The standard InChI is InChI=1S/C17H31N3O6/c1-4-5-8-26-15(22)10-19-16(23)13(9-11(2)3)20-14(21)7-6-12(18)17(24)25/h11-13H,4-10,18H2,1-3H3,(H,19,23)(H,20,21)(H,24,25)/t12-,13-/m0/s1. The number of esters is 1. The Kier molecular flexibility index (Phi) is 12.0. The molecule has 0 saturated heterocycles. The number of rotatable bonds is 13. The number of carboxylic acids is 1. The third kappa shape index (κ3) is 11.4. The molecule has 9 heteroatoms. The van der Waals surface area contributed by atoms with E-state index in [1.165, 1.54) is 0 Å². The molecule has 0 saturated carbocycles. The molecule has 9 nitrogen and oxygen atoms in total.